The van der Waals surface area contributed by atoms with E-state index in [2.05, 4.69) is 10.3 Å². The van der Waals surface area contributed by atoms with E-state index in [9.17, 15) is 0 Å². The van der Waals surface area contributed by atoms with Gasteiger partial charge < -0.3 is 16.5 Å². The molecule has 5 heteroatoms. The van der Waals surface area contributed by atoms with Crippen molar-refractivity contribution >= 4 is 11.9 Å². The molecule has 0 radical (unpaired) electrons. The highest BCUT2D eigenvalue weighted by atomic mass is 15.0. The summed E-state index contributed by atoms with van der Waals surface area (Å²) < 4.78 is 0. The van der Waals surface area contributed by atoms with Crippen molar-refractivity contribution < 1.29 is 0 Å². The minimum atomic E-state index is 0.0915. The fourth-order valence-electron chi connectivity index (χ4n) is 0.830. The van der Waals surface area contributed by atoms with Crippen molar-refractivity contribution in [1.82, 2.24) is 4.98 Å². The monoisotopic (exact) mass is 187 g/mol. The van der Waals surface area contributed by atoms with E-state index in [1.54, 1.807) is 30.6 Å². The molecule has 0 atom stereocenters. The van der Waals surface area contributed by atoms with Gasteiger partial charge in [-0.3, -0.25) is 4.98 Å². The SMILES string of the molecule is N#C/C(C=N)=C(\N)Nc1cccnc1. The molecule has 0 unspecified atom stereocenters. The third-order valence-corrected chi connectivity index (χ3v) is 1.50. The Balaban J connectivity index is 2.86. The predicted molar refractivity (Wildman–Crippen MR) is 53.5 cm³/mol. The van der Waals surface area contributed by atoms with Crippen LogP contribution >= 0.6 is 0 Å². The Kier molecular flexibility index (Phi) is 3.21. The molecule has 0 aliphatic carbocycles. The Morgan fingerprint density at radius 3 is 3.00 bits per heavy atom. The summed E-state index contributed by atoms with van der Waals surface area (Å²) in [6.45, 7) is 0. The standard InChI is InChI=1S/C9H9N5/c10-4-7(5-11)9(12)14-8-2-1-3-13-6-8/h1-4,6,10,14H,12H2/b9-7+,10-4?. The van der Waals surface area contributed by atoms with Gasteiger partial charge in [0.2, 0.25) is 0 Å². The number of anilines is 1. The number of rotatable bonds is 3. The maximum Gasteiger partial charge on any atom is 0.120 e. The van der Waals surface area contributed by atoms with E-state index >= 15 is 0 Å². The largest absolute Gasteiger partial charge is 0.384 e. The summed E-state index contributed by atoms with van der Waals surface area (Å²) in [7, 11) is 0. The molecule has 14 heavy (non-hydrogen) atoms. The van der Waals surface area contributed by atoms with Crippen LogP contribution < -0.4 is 11.1 Å². The molecule has 1 aromatic heterocycles. The summed E-state index contributed by atoms with van der Waals surface area (Å²) in [4.78, 5) is 3.87. The molecular weight excluding hydrogens is 178 g/mol. The van der Waals surface area contributed by atoms with Gasteiger partial charge in [-0.2, -0.15) is 5.26 Å². The Morgan fingerprint density at radius 2 is 2.50 bits per heavy atom. The van der Waals surface area contributed by atoms with Crippen molar-refractivity contribution in [3.8, 4) is 6.07 Å². The summed E-state index contributed by atoms with van der Waals surface area (Å²) >= 11 is 0. The van der Waals surface area contributed by atoms with Gasteiger partial charge in [-0.15, -0.1) is 0 Å². The van der Waals surface area contributed by atoms with Crippen LogP contribution in [0.5, 0.6) is 0 Å². The first kappa shape index (κ1) is 9.74. The van der Waals surface area contributed by atoms with Gasteiger partial charge in [-0.1, -0.05) is 0 Å². The van der Waals surface area contributed by atoms with Gasteiger partial charge in [0.15, 0.2) is 0 Å². The second-order valence-electron chi connectivity index (χ2n) is 2.45. The number of hydrogen-bond acceptors (Lipinski definition) is 5. The average Bonchev–Trinajstić information content (AvgIpc) is 2.21. The molecule has 0 amide bonds. The minimum absolute atomic E-state index is 0.0915. The number of pyridine rings is 1. The molecule has 1 heterocycles. The summed E-state index contributed by atoms with van der Waals surface area (Å²) in [6.07, 6.45) is 4.11. The third-order valence-electron chi connectivity index (χ3n) is 1.50. The third kappa shape index (κ3) is 2.32. The first-order chi connectivity index (χ1) is 6.77. The lowest BCUT2D eigenvalue weighted by atomic mass is 10.3. The van der Waals surface area contributed by atoms with Crippen LogP contribution in [-0.4, -0.2) is 11.2 Å². The molecule has 4 N–H and O–H groups in total. The van der Waals surface area contributed by atoms with E-state index in [4.69, 9.17) is 16.4 Å². The Labute approximate surface area is 81.4 Å². The Hall–Kier alpha value is -2.35. The van der Waals surface area contributed by atoms with E-state index in [0.29, 0.717) is 5.69 Å². The highest BCUT2D eigenvalue weighted by molar-refractivity contribution is 5.83. The van der Waals surface area contributed by atoms with Crippen LogP contribution in [0.15, 0.2) is 35.9 Å². The smallest absolute Gasteiger partial charge is 0.120 e. The normalized spacial score (nSPS) is 11.1. The minimum Gasteiger partial charge on any atom is -0.384 e. The molecule has 0 saturated carbocycles. The zero-order valence-corrected chi connectivity index (χ0v) is 7.36. The fraction of sp³-hybridized carbons (Fsp3) is 0. The number of nitriles is 1. The van der Waals surface area contributed by atoms with Gasteiger partial charge in [0.1, 0.15) is 17.5 Å². The predicted octanol–water partition coefficient (Wildman–Crippen LogP) is 0.837. The molecule has 0 bridgehead atoms. The van der Waals surface area contributed by atoms with Crippen LogP contribution in [0.4, 0.5) is 5.69 Å². The number of nitrogens with one attached hydrogen (secondary N) is 2. The van der Waals surface area contributed by atoms with E-state index in [1.165, 1.54) is 0 Å². The van der Waals surface area contributed by atoms with Crippen molar-refractivity contribution in [2.45, 2.75) is 0 Å². The van der Waals surface area contributed by atoms with Gasteiger partial charge in [-0.05, 0) is 12.1 Å². The number of aromatic nitrogens is 1. The maximum absolute atomic E-state index is 8.58. The molecule has 0 fully saturated rings. The van der Waals surface area contributed by atoms with E-state index < -0.39 is 0 Å². The molecule has 70 valence electrons. The topological polar surface area (TPSA) is 98.6 Å². The number of hydrogen-bond donors (Lipinski definition) is 3. The maximum atomic E-state index is 8.58. The van der Waals surface area contributed by atoms with Gasteiger partial charge in [0, 0.05) is 12.4 Å². The van der Waals surface area contributed by atoms with Crippen LogP contribution in [0.25, 0.3) is 0 Å². The van der Waals surface area contributed by atoms with Crippen LogP contribution in [0.1, 0.15) is 0 Å². The highest BCUT2D eigenvalue weighted by Gasteiger charge is 1.99. The zero-order chi connectivity index (χ0) is 10.4. The second kappa shape index (κ2) is 4.62. The molecule has 0 saturated heterocycles. The van der Waals surface area contributed by atoms with Crippen molar-refractivity contribution in [1.29, 1.82) is 10.7 Å². The molecule has 5 nitrogen and oxygen atoms in total. The first-order valence-electron chi connectivity index (χ1n) is 3.85. The number of nitrogens with two attached hydrogens (primary N) is 1. The molecule has 0 aliphatic heterocycles. The second-order valence-corrected chi connectivity index (χ2v) is 2.45. The van der Waals surface area contributed by atoms with E-state index in [-0.39, 0.29) is 11.4 Å². The van der Waals surface area contributed by atoms with Gasteiger partial charge in [0.05, 0.1) is 11.9 Å². The van der Waals surface area contributed by atoms with Gasteiger partial charge in [0.25, 0.3) is 0 Å². The van der Waals surface area contributed by atoms with Crippen molar-refractivity contribution in [2.24, 2.45) is 5.73 Å². The Bertz CT molecular complexity index is 387. The molecular formula is C9H9N5. The van der Waals surface area contributed by atoms with Gasteiger partial charge >= 0.3 is 0 Å². The molecule has 1 aromatic rings. The highest BCUT2D eigenvalue weighted by Crippen LogP contribution is 2.05. The van der Waals surface area contributed by atoms with Crippen LogP contribution in [-0.2, 0) is 0 Å². The van der Waals surface area contributed by atoms with E-state index in [0.717, 1.165) is 6.21 Å². The molecule has 0 aromatic carbocycles. The Morgan fingerprint density at radius 1 is 1.71 bits per heavy atom. The molecule has 0 aliphatic rings. The molecule has 1 rings (SSSR count). The number of nitrogens with zero attached hydrogens (tertiary/aromatic N) is 2. The van der Waals surface area contributed by atoms with Crippen molar-refractivity contribution in [2.75, 3.05) is 5.32 Å². The van der Waals surface area contributed by atoms with E-state index in [1.807, 2.05) is 0 Å². The fourth-order valence-corrected chi connectivity index (χ4v) is 0.830. The average molecular weight is 187 g/mol. The lowest BCUT2D eigenvalue weighted by molar-refractivity contribution is 1.25. The van der Waals surface area contributed by atoms with Crippen molar-refractivity contribution in [3.63, 3.8) is 0 Å². The first-order valence-corrected chi connectivity index (χ1v) is 3.85. The lowest BCUT2D eigenvalue weighted by Crippen LogP contribution is -2.12. The summed E-state index contributed by atoms with van der Waals surface area (Å²) in [6, 6.07) is 5.31. The summed E-state index contributed by atoms with van der Waals surface area (Å²) in [5, 5.41) is 18.3. The summed E-state index contributed by atoms with van der Waals surface area (Å²) in [5.41, 5.74) is 6.31. The van der Waals surface area contributed by atoms with Crippen molar-refractivity contribution in [3.05, 3.63) is 35.9 Å². The molecule has 0 spiro atoms. The summed E-state index contributed by atoms with van der Waals surface area (Å²) in [5.74, 6) is 0.149. The van der Waals surface area contributed by atoms with Crippen LogP contribution in [0.3, 0.4) is 0 Å². The van der Waals surface area contributed by atoms with Crippen LogP contribution in [0, 0.1) is 16.7 Å². The number of allylic oxidation sites excluding steroid dienone is 1. The quantitative estimate of drug-likeness (QED) is 0.482. The lowest BCUT2D eigenvalue weighted by Gasteiger charge is -2.05. The zero-order valence-electron chi connectivity index (χ0n) is 7.36. The van der Waals surface area contributed by atoms with Crippen LogP contribution in [0.2, 0.25) is 0 Å². The van der Waals surface area contributed by atoms with Gasteiger partial charge in [-0.25, -0.2) is 0 Å².